The zero-order chi connectivity index (χ0) is 16.7. The molecule has 2 heterocycles. The summed E-state index contributed by atoms with van der Waals surface area (Å²) in [6.07, 6.45) is 7.45. The Bertz CT molecular complexity index is 485. The first-order chi connectivity index (χ1) is 11.1. The van der Waals surface area contributed by atoms with Crippen molar-refractivity contribution in [3.63, 3.8) is 0 Å². The Kier molecular flexibility index (Phi) is 6.41. The van der Waals surface area contributed by atoms with Crippen molar-refractivity contribution in [1.29, 1.82) is 0 Å². The van der Waals surface area contributed by atoms with Gasteiger partial charge in [-0.1, -0.05) is 13.8 Å². The second kappa shape index (κ2) is 8.31. The summed E-state index contributed by atoms with van der Waals surface area (Å²) in [6.45, 7) is 6.10. The number of hydrogen-bond acceptors (Lipinski definition) is 4. The number of aromatic nitrogens is 2. The second-order valence-electron chi connectivity index (χ2n) is 6.26. The van der Waals surface area contributed by atoms with Gasteiger partial charge < -0.3 is 20.5 Å². The lowest BCUT2D eigenvalue weighted by Gasteiger charge is -2.29. The smallest absolute Gasteiger partial charge is 0.319 e. The number of aliphatic hydroxyl groups is 1. The van der Waals surface area contributed by atoms with Crippen molar-refractivity contribution in [1.82, 2.24) is 15.1 Å². The Labute approximate surface area is 137 Å². The van der Waals surface area contributed by atoms with Gasteiger partial charge in [0.1, 0.15) is 0 Å². The van der Waals surface area contributed by atoms with Gasteiger partial charge in [0, 0.05) is 24.8 Å². The summed E-state index contributed by atoms with van der Waals surface area (Å²) in [5, 5.41) is 19.4. The maximum Gasteiger partial charge on any atom is 0.319 e. The van der Waals surface area contributed by atoms with Gasteiger partial charge in [-0.15, -0.1) is 0 Å². The van der Waals surface area contributed by atoms with Gasteiger partial charge in [0.05, 0.1) is 31.1 Å². The molecule has 1 fully saturated rings. The van der Waals surface area contributed by atoms with Crippen molar-refractivity contribution in [3.8, 4) is 0 Å². The fraction of sp³-hybridized carbons (Fsp3) is 0.750. The summed E-state index contributed by atoms with van der Waals surface area (Å²) < 4.78 is 7.37. The molecule has 0 aliphatic carbocycles. The van der Waals surface area contributed by atoms with Crippen LogP contribution in [0.1, 0.15) is 39.5 Å². The summed E-state index contributed by atoms with van der Waals surface area (Å²) in [6, 6.07) is -0.276. The standard InChI is InChI=1S/C16H28N4O3/c1-3-16(4-2,12-21)11-17-15(22)19-13-8-18-20(9-13)10-14-6-5-7-23-14/h8-9,14,21H,3-7,10-12H2,1-2H3,(H2,17,19,22). The molecule has 3 N–H and O–H groups in total. The van der Waals surface area contributed by atoms with Gasteiger partial charge in [-0.05, 0) is 25.7 Å². The molecule has 1 saturated heterocycles. The van der Waals surface area contributed by atoms with Crippen molar-refractivity contribution >= 4 is 11.7 Å². The summed E-state index contributed by atoms with van der Waals surface area (Å²) in [4.78, 5) is 12.0. The number of carbonyl (C=O) groups excluding carboxylic acids is 1. The van der Waals surface area contributed by atoms with E-state index < -0.39 is 0 Å². The molecule has 0 radical (unpaired) electrons. The van der Waals surface area contributed by atoms with E-state index in [9.17, 15) is 9.90 Å². The highest BCUT2D eigenvalue weighted by Crippen LogP contribution is 2.24. The number of amides is 2. The van der Waals surface area contributed by atoms with Crippen molar-refractivity contribution < 1.29 is 14.6 Å². The molecule has 0 aromatic carbocycles. The Balaban J connectivity index is 1.79. The average Bonchev–Trinajstić information content (AvgIpc) is 3.22. The molecule has 130 valence electrons. The van der Waals surface area contributed by atoms with Crippen molar-refractivity contribution in [3.05, 3.63) is 12.4 Å². The van der Waals surface area contributed by atoms with Gasteiger partial charge >= 0.3 is 6.03 Å². The molecule has 7 heteroatoms. The minimum atomic E-state index is -0.276. The lowest BCUT2D eigenvalue weighted by atomic mass is 9.83. The number of carbonyl (C=O) groups is 1. The zero-order valence-corrected chi connectivity index (χ0v) is 14.0. The molecule has 0 bridgehead atoms. The van der Waals surface area contributed by atoms with E-state index in [4.69, 9.17) is 4.74 Å². The van der Waals surface area contributed by atoms with Crippen LogP contribution in [0.5, 0.6) is 0 Å². The number of anilines is 1. The van der Waals surface area contributed by atoms with Crippen LogP contribution < -0.4 is 10.6 Å². The molecule has 1 aromatic rings. The van der Waals surface area contributed by atoms with Crippen LogP contribution in [0.4, 0.5) is 10.5 Å². The molecule has 23 heavy (non-hydrogen) atoms. The van der Waals surface area contributed by atoms with Gasteiger partial charge in [0.25, 0.3) is 0 Å². The van der Waals surface area contributed by atoms with Gasteiger partial charge in [-0.2, -0.15) is 5.10 Å². The minimum absolute atomic E-state index is 0.0690. The maximum atomic E-state index is 12.0. The number of urea groups is 1. The summed E-state index contributed by atoms with van der Waals surface area (Å²) >= 11 is 0. The second-order valence-corrected chi connectivity index (χ2v) is 6.26. The number of rotatable bonds is 8. The highest BCUT2D eigenvalue weighted by molar-refractivity contribution is 5.88. The largest absolute Gasteiger partial charge is 0.396 e. The lowest BCUT2D eigenvalue weighted by molar-refractivity contribution is 0.0940. The first-order valence-corrected chi connectivity index (χ1v) is 8.40. The molecule has 0 spiro atoms. The molecule has 1 unspecified atom stereocenters. The Hall–Kier alpha value is -1.60. The van der Waals surface area contributed by atoms with E-state index in [0.717, 1.165) is 32.3 Å². The van der Waals surface area contributed by atoms with E-state index in [1.54, 1.807) is 17.1 Å². The Morgan fingerprint density at radius 1 is 1.52 bits per heavy atom. The van der Waals surface area contributed by atoms with Crippen molar-refractivity contribution in [2.45, 2.75) is 52.2 Å². The lowest BCUT2D eigenvalue weighted by Crippen LogP contribution is -2.41. The van der Waals surface area contributed by atoms with Gasteiger partial charge in [0.15, 0.2) is 0 Å². The van der Waals surface area contributed by atoms with E-state index in [2.05, 4.69) is 15.7 Å². The highest BCUT2D eigenvalue weighted by atomic mass is 16.5. The van der Waals surface area contributed by atoms with Crippen LogP contribution in [0.15, 0.2) is 12.4 Å². The zero-order valence-electron chi connectivity index (χ0n) is 14.0. The molecular weight excluding hydrogens is 296 g/mol. The van der Waals surface area contributed by atoms with Gasteiger partial charge in [-0.3, -0.25) is 4.68 Å². The van der Waals surface area contributed by atoms with Crippen LogP contribution in [0.25, 0.3) is 0 Å². The number of hydrogen-bond donors (Lipinski definition) is 3. The fourth-order valence-corrected chi connectivity index (χ4v) is 2.75. The van der Waals surface area contributed by atoms with Gasteiger partial charge in [-0.25, -0.2) is 4.79 Å². The minimum Gasteiger partial charge on any atom is -0.396 e. The van der Waals surface area contributed by atoms with Crippen LogP contribution >= 0.6 is 0 Å². The topological polar surface area (TPSA) is 88.4 Å². The number of nitrogens with one attached hydrogen (secondary N) is 2. The molecule has 1 aliphatic heterocycles. The van der Waals surface area contributed by atoms with Crippen LogP contribution in [0.3, 0.4) is 0 Å². The van der Waals surface area contributed by atoms with Crippen LogP contribution in [0, 0.1) is 5.41 Å². The SMILES string of the molecule is CCC(CC)(CO)CNC(=O)Nc1cnn(CC2CCCO2)c1. The highest BCUT2D eigenvalue weighted by Gasteiger charge is 2.25. The molecule has 1 aromatic heterocycles. The van der Waals surface area contributed by atoms with E-state index in [1.807, 2.05) is 13.8 Å². The molecule has 1 atom stereocenters. The van der Waals surface area contributed by atoms with Crippen molar-refractivity contribution in [2.75, 3.05) is 25.1 Å². The Morgan fingerprint density at radius 3 is 2.91 bits per heavy atom. The fourth-order valence-electron chi connectivity index (χ4n) is 2.75. The third-order valence-electron chi connectivity index (χ3n) is 4.77. The first-order valence-electron chi connectivity index (χ1n) is 8.40. The van der Waals surface area contributed by atoms with E-state index in [1.165, 1.54) is 0 Å². The summed E-state index contributed by atoms with van der Waals surface area (Å²) in [5.74, 6) is 0. The van der Waals surface area contributed by atoms with Crippen LogP contribution in [-0.2, 0) is 11.3 Å². The van der Waals surface area contributed by atoms with Gasteiger partial charge in [0.2, 0.25) is 0 Å². The van der Waals surface area contributed by atoms with Crippen LogP contribution in [0.2, 0.25) is 0 Å². The van der Waals surface area contributed by atoms with E-state index in [-0.39, 0.29) is 24.2 Å². The normalized spacial score (nSPS) is 18.1. The van der Waals surface area contributed by atoms with Crippen LogP contribution in [-0.4, -0.2) is 46.8 Å². The number of nitrogens with zero attached hydrogens (tertiary/aromatic N) is 2. The first kappa shape index (κ1) is 17.7. The van der Waals surface area contributed by atoms with E-state index in [0.29, 0.717) is 18.8 Å². The molecule has 2 amide bonds. The maximum absolute atomic E-state index is 12.0. The summed E-state index contributed by atoms with van der Waals surface area (Å²) in [7, 11) is 0. The van der Waals surface area contributed by atoms with Crippen molar-refractivity contribution in [2.24, 2.45) is 5.41 Å². The molecule has 0 saturated carbocycles. The molecule has 1 aliphatic rings. The number of ether oxygens (including phenoxy) is 1. The predicted octanol–water partition coefficient (Wildman–Crippen LogP) is 1.98. The molecule has 7 nitrogen and oxygen atoms in total. The third-order valence-corrected chi connectivity index (χ3v) is 4.77. The predicted molar refractivity (Wildman–Crippen MR) is 88.3 cm³/mol. The number of aliphatic hydroxyl groups excluding tert-OH is 1. The quantitative estimate of drug-likeness (QED) is 0.682. The Morgan fingerprint density at radius 2 is 2.30 bits per heavy atom. The monoisotopic (exact) mass is 324 g/mol. The average molecular weight is 324 g/mol. The molecular formula is C16H28N4O3. The summed E-state index contributed by atoms with van der Waals surface area (Å²) in [5.41, 5.74) is 0.407. The molecule has 2 rings (SSSR count). The van der Waals surface area contributed by atoms with E-state index >= 15 is 0 Å². The third kappa shape index (κ3) is 4.94.